The number of hydrogen-bond donors (Lipinski definition) is 1. The monoisotopic (exact) mass is 319 g/mol. The van der Waals surface area contributed by atoms with Crippen LogP contribution in [0.15, 0.2) is 18.7 Å². The summed E-state index contributed by atoms with van der Waals surface area (Å²) in [6.07, 6.45) is 5.67. The van der Waals surface area contributed by atoms with E-state index in [1.807, 2.05) is 26.6 Å². The molecule has 2 atom stereocenters. The van der Waals surface area contributed by atoms with Crippen molar-refractivity contribution in [2.45, 2.75) is 25.6 Å². The van der Waals surface area contributed by atoms with Gasteiger partial charge in [-0.05, 0) is 6.54 Å². The second kappa shape index (κ2) is 7.20. The van der Waals surface area contributed by atoms with Crippen LogP contribution >= 0.6 is 0 Å². The summed E-state index contributed by atoms with van der Waals surface area (Å²) in [6.45, 7) is 6.37. The molecular weight excluding hydrogens is 294 g/mol. The SMILES string of the molecule is CCN1CCO[C@@H](CNCc2cnn(C)n2)[C@@H]1c1cncn1C. The summed E-state index contributed by atoms with van der Waals surface area (Å²) >= 11 is 0. The van der Waals surface area contributed by atoms with Gasteiger partial charge in [0.2, 0.25) is 0 Å². The van der Waals surface area contributed by atoms with Crippen LogP contribution in [0, 0.1) is 0 Å². The molecule has 126 valence electrons. The predicted molar refractivity (Wildman–Crippen MR) is 85.6 cm³/mol. The minimum Gasteiger partial charge on any atom is -0.374 e. The van der Waals surface area contributed by atoms with Crippen molar-refractivity contribution >= 4 is 0 Å². The van der Waals surface area contributed by atoms with Crippen LogP contribution in [0.5, 0.6) is 0 Å². The van der Waals surface area contributed by atoms with Gasteiger partial charge < -0.3 is 14.6 Å². The van der Waals surface area contributed by atoms with Gasteiger partial charge in [0.05, 0.1) is 42.7 Å². The average Bonchev–Trinajstić information content (AvgIpc) is 3.15. The number of hydrogen-bond acceptors (Lipinski definition) is 6. The number of ether oxygens (including phenoxy) is 1. The van der Waals surface area contributed by atoms with Crippen molar-refractivity contribution in [3.05, 3.63) is 30.1 Å². The van der Waals surface area contributed by atoms with Crippen LogP contribution in [-0.4, -0.2) is 61.8 Å². The van der Waals surface area contributed by atoms with E-state index < -0.39 is 0 Å². The highest BCUT2D eigenvalue weighted by atomic mass is 16.5. The maximum absolute atomic E-state index is 6.06. The van der Waals surface area contributed by atoms with Gasteiger partial charge in [0.1, 0.15) is 0 Å². The van der Waals surface area contributed by atoms with Crippen LogP contribution in [0.4, 0.5) is 0 Å². The van der Waals surface area contributed by atoms with E-state index in [0.29, 0.717) is 6.54 Å². The highest BCUT2D eigenvalue weighted by molar-refractivity contribution is 5.09. The summed E-state index contributed by atoms with van der Waals surface area (Å²) in [5, 5.41) is 11.8. The maximum atomic E-state index is 6.06. The molecule has 0 aromatic carbocycles. The van der Waals surface area contributed by atoms with Crippen LogP contribution in [0.25, 0.3) is 0 Å². The second-order valence-electron chi connectivity index (χ2n) is 5.87. The summed E-state index contributed by atoms with van der Waals surface area (Å²) in [6, 6.07) is 0.218. The number of aromatic nitrogens is 5. The Bertz CT molecular complexity index is 623. The van der Waals surface area contributed by atoms with Crippen molar-refractivity contribution in [3.63, 3.8) is 0 Å². The summed E-state index contributed by atoms with van der Waals surface area (Å²) in [5.74, 6) is 0. The van der Waals surface area contributed by atoms with Gasteiger partial charge in [-0.3, -0.25) is 4.90 Å². The number of morpholine rings is 1. The van der Waals surface area contributed by atoms with Gasteiger partial charge in [0, 0.05) is 39.9 Å². The first-order chi connectivity index (χ1) is 11.2. The molecule has 0 saturated carbocycles. The Labute approximate surface area is 136 Å². The molecule has 0 aliphatic carbocycles. The molecule has 0 spiro atoms. The van der Waals surface area contributed by atoms with E-state index in [1.165, 1.54) is 5.69 Å². The number of nitrogens with zero attached hydrogens (tertiary/aromatic N) is 6. The molecule has 0 unspecified atom stereocenters. The van der Waals surface area contributed by atoms with E-state index in [-0.39, 0.29) is 12.1 Å². The molecule has 3 heterocycles. The maximum Gasteiger partial charge on any atom is 0.0964 e. The normalized spacial score (nSPS) is 22.6. The molecule has 8 nitrogen and oxygen atoms in total. The number of likely N-dealkylation sites (N-methyl/N-ethyl adjacent to an activating group) is 1. The van der Waals surface area contributed by atoms with E-state index in [0.717, 1.165) is 31.9 Å². The van der Waals surface area contributed by atoms with Crippen LogP contribution in [0.1, 0.15) is 24.4 Å². The van der Waals surface area contributed by atoms with E-state index in [9.17, 15) is 0 Å². The Morgan fingerprint density at radius 1 is 1.35 bits per heavy atom. The highest BCUT2D eigenvalue weighted by Gasteiger charge is 2.34. The molecule has 1 aliphatic heterocycles. The summed E-state index contributed by atoms with van der Waals surface area (Å²) < 4.78 is 8.14. The van der Waals surface area contributed by atoms with Crippen molar-refractivity contribution in [2.24, 2.45) is 14.1 Å². The molecule has 1 aliphatic rings. The lowest BCUT2D eigenvalue weighted by molar-refractivity contribution is -0.0716. The van der Waals surface area contributed by atoms with Crippen LogP contribution in [0.2, 0.25) is 0 Å². The van der Waals surface area contributed by atoms with Gasteiger partial charge in [-0.1, -0.05) is 6.92 Å². The second-order valence-corrected chi connectivity index (χ2v) is 5.87. The van der Waals surface area contributed by atoms with Crippen molar-refractivity contribution in [3.8, 4) is 0 Å². The Morgan fingerprint density at radius 2 is 2.22 bits per heavy atom. The first-order valence-electron chi connectivity index (χ1n) is 8.06. The predicted octanol–water partition coefficient (Wildman–Crippen LogP) is 0.100. The zero-order chi connectivity index (χ0) is 16.2. The molecular formula is C15H25N7O. The van der Waals surface area contributed by atoms with Crippen molar-refractivity contribution in [2.75, 3.05) is 26.2 Å². The van der Waals surface area contributed by atoms with Gasteiger partial charge in [-0.25, -0.2) is 4.98 Å². The van der Waals surface area contributed by atoms with Gasteiger partial charge in [-0.15, -0.1) is 0 Å². The number of nitrogens with one attached hydrogen (secondary N) is 1. The third kappa shape index (κ3) is 3.60. The lowest BCUT2D eigenvalue weighted by atomic mass is 10.0. The fraction of sp³-hybridized carbons (Fsp3) is 0.667. The molecule has 2 aromatic rings. The van der Waals surface area contributed by atoms with E-state index in [1.54, 1.807) is 11.0 Å². The standard InChI is InChI=1S/C15H25N7O/c1-4-22-5-6-23-14(15(22)13-9-17-11-20(13)2)10-16-7-12-8-18-21(3)19-12/h8-9,11,14-16H,4-7,10H2,1-3H3/t14-,15-/m0/s1. The Balaban J connectivity index is 1.66. The fourth-order valence-electron chi connectivity index (χ4n) is 3.15. The van der Waals surface area contributed by atoms with Crippen molar-refractivity contribution in [1.29, 1.82) is 0 Å². The summed E-state index contributed by atoms with van der Waals surface area (Å²) in [4.78, 5) is 8.30. The molecule has 2 aromatic heterocycles. The highest BCUT2D eigenvalue weighted by Crippen LogP contribution is 2.28. The lowest BCUT2D eigenvalue weighted by Crippen LogP contribution is -2.49. The van der Waals surface area contributed by atoms with Crippen molar-refractivity contribution in [1.82, 2.24) is 34.8 Å². The number of imidazole rings is 1. The van der Waals surface area contributed by atoms with Gasteiger partial charge in [-0.2, -0.15) is 15.0 Å². The third-order valence-corrected chi connectivity index (χ3v) is 4.32. The lowest BCUT2D eigenvalue weighted by Gasteiger charge is -2.40. The Morgan fingerprint density at radius 3 is 2.87 bits per heavy atom. The molecule has 0 amide bonds. The van der Waals surface area contributed by atoms with Crippen LogP contribution in [-0.2, 0) is 25.4 Å². The zero-order valence-electron chi connectivity index (χ0n) is 14.0. The largest absolute Gasteiger partial charge is 0.374 e. The molecule has 1 N–H and O–H groups in total. The number of rotatable bonds is 6. The van der Waals surface area contributed by atoms with E-state index in [4.69, 9.17) is 4.74 Å². The summed E-state index contributed by atoms with van der Waals surface area (Å²) in [5.41, 5.74) is 2.13. The Kier molecular flexibility index (Phi) is 5.04. The zero-order valence-corrected chi connectivity index (χ0v) is 14.0. The van der Waals surface area contributed by atoms with E-state index in [2.05, 4.69) is 36.9 Å². The smallest absolute Gasteiger partial charge is 0.0964 e. The van der Waals surface area contributed by atoms with Gasteiger partial charge in [0.25, 0.3) is 0 Å². The number of aryl methyl sites for hydroxylation is 2. The Hall–Kier alpha value is -1.77. The minimum absolute atomic E-state index is 0.0933. The topological polar surface area (TPSA) is 73.0 Å². The minimum atomic E-state index is 0.0933. The molecule has 1 fully saturated rings. The third-order valence-electron chi connectivity index (χ3n) is 4.32. The molecule has 1 saturated heterocycles. The average molecular weight is 319 g/mol. The van der Waals surface area contributed by atoms with Crippen LogP contribution in [0.3, 0.4) is 0 Å². The molecule has 8 heteroatoms. The van der Waals surface area contributed by atoms with Crippen molar-refractivity contribution < 1.29 is 4.74 Å². The summed E-state index contributed by atoms with van der Waals surface area (Å²) in [7, 11) is 3.86. The van der Waals surface area contributed by atoms with Crippen LogP contribution < -0.4 is 5.32 Å². The molecule has 0 radical (unpaired) electrons. The first-order valence-corrected chi connectivity index (χ1v) is 8.06. The quantitative estimate of drug-likeness (QED) is 0.814. The first kappa shape index (κ1) is 16.1. The molecule has 0 bridgehead atoms. The fourth-order valence-corrected chi connectivity index (χ4v) is 3.15. The van der Waals surface area contributed by atoms with E-state index >= 15 is 0 Å². The molecule has 3 rings (SSSR count). The van der Waals surface area contributed by atoms with Gasteiger partial charge in [0.15, 0.2) is 0 Å². The molecule has 23 heavy (non-hydrogen) atoms. The van der Waals surface area contributed by atoms with Gasteiger partial charge >= 0.3 is 0 Å².